The highest BCUT2D eigenvalue weighted by Gasteiger charge is 2.43. The summed E-state index contributed by atoms with van der Waals surface area (Å²) in [6.07, 6.45) is -2.94. The second kappa shape index (κ2) is 13.9. The summed E-state index contributed by atoms with van der Waals surface area (Å²) in [6.45, 7) is -0.789. The molecule has 2 aliphatic heterocycles. The van der Waals surface area contributed by atoms with Gasteiger partial charge in [0, 0.05) is 43.2 Å². The first kappa shape index (κ1) is 31.3. The van der Waals surface area contributed by atoms with Crippen LogP contribution in [0.15, 0.2) is 65.6 Å². The van der Waals surface area contributed by atoms with Gasteiger partial charge in [-0.2, -0.15) is 0 Å². The van der Waals surface area contributed by atoms with Gasteiger partial charge in [-0.25, -0.2) is 14.4 Å². The molecule has 224 valence electrons. The van der Waals surface area contributed by atoms with Gasteiger partial charge in [0.25, 0.3) is 16.7 Å². The molecular weight excluding hydrogens is 556 g/mol. The quantitative estimate of drug-likeness (QED) is 0.138. The number of aromatic amines is 4. The van der Waals surface area contributed by atoms with E-state index >= 15 is 0 Å². The molecular formula is C22H28N6O13. The van der Waals surface area contributed by atoms with Gasteiger partial charge in [0.05, 0.1) is 19.3 Å². The lowest BCUT2D eigenvalue weighted by molar-refractivity contribution is -0.0550. The number of ether oxygens (including phenoxy) is 2. The number of nitrogens with zero attached hydrogens (tertiary/aromatic N) is 2. The standard InChI is InChI=1S/C9H12N2O6.C9H12N2O5.C4H4N2O2/c12-3-4-6(14)7(15)8(17-4)11-2-1-5(13)10-9(11)16;12-4-6-5(13)3-8(16-6)11-2-1-7(14)10-9(11)15;7-3-1-2-5-4(8)6-3/h1-2,4,6-8,12,14-15H,3H2,(H,10,13,16);1-2,5-6,8,12-13H,3-4H2,(H,10,14,15);1-2H,(H2,5,6,7,8)/t4-,6-,7-,8-;5-,6+,8+;/m10./s1. The molecule has 5 heterocycles. The third-order valence-corrected chi connectivity index (χ3v) is 5.87. The van der Waals surface area contributed by atoms with Gasteiger partial charge in [-0.05, 0) is 0 Å². The van der Waals surface area contributed by atoms with E-state index < -0.39 is 77.8 Å². The molecule has 3 aromatic heterocycles. The monoisotopic (exact) mass is 584 g/mol. The highest BCUT2D eigenvalue weighted by Crippen LogP contribution is 2.28. The summed E-state index contributed by atoms with van der Waals surface area (Å²) in [5.74, 6) is 0. The molecule has 41 heavy (non-hydrogen) atoms. The molecule has 5 rings (SSSR count). The van der Waals surface area contributed by atoms with Crippen molar-refractivity contribution < 1.29 is 35.0 Å². The summed E-state index contributed by atoms with van der Waals surface area (Å²) in [6, 6.07) is 3.53. The van der Waals surface area contributed by atoms with Gasteiger partial charge >= 0.3 is 17.1 Å². The number of rotatable bonds is 4. The fourth-order valence-corrected chi connectivity index (χ4v) is 3.82. The van der Waals surface area contributed by atoms with E-state index in [0.29, 0.717) is 0 Å². The van der Waals surface area contributed by atoms with E-state index in [1.54, 1.807) is 0 Å². The van der Waals surface area contributed by atoms with Crippen LogP contribution < -0.4 is 33.7 Å². The maximum Gasteiger partial charge on any atom is 0.330 e. The first-order valence-corrected chi connectivity index (χ1v) is 11.9. The Kier molecular flexibility index (Phi) is 10.6. The van der Waals surface area contributed by atoms with Crippen LogP contribution in [0.5, 0.6) is 0 Å². The zero-order valence-corrected chi connectivity index (χ0v) is 21.0. The minimum Gasteiger partial charge on any atom is -0.394 e. The Labute approximate surface area is 226 Å². The van der Waals surface area contributed by atoms with Gasteiger partial charge in [-0.15, -0.1) is 0 Å². The maximum absolute atomic E-state index is 11.4. The molecule has 7 atom stereocenters. The van der Waals surface area contributed by atoms with Crippen LogP contribution in [0.2, 0.25) is 0 Å². The number of aromatic nitrogens is 6. The number of aliphatic hydroxyl groups excluding tert-OH is 5. The van der Waals surface area contributed by atoms with Crippen molar-refractivity contribution >= 4 is 0 Å². The van der Waals surface area contributed by atoms with Crippen molar-refractivity contribution in [3.63, 3.8) is 0 Å². The van der Waals surface area contributed by atoms with Crippen molar-refractivity contribution in [1.29, 1.82) is 0 Å². The van der Waals surface area contributed by atoms with E-state index in [4.69, 9.17) is 19.7 Å². The average molecular weight is 584 g/mol. The van der Waals surface area contributed by atoms with E-state index in [-0.39, 0.29) is 18.6 Å². The number of nitrogens with one attached hydrogen (secondary N) is 4. The van der Waals surface area contributed by atoms with Crippen LogP contribution >= 0.6 is 0 Å². The van der Waals surface area contributed by atoms with E-state index in [2.05, 4.69) is 9.97 Å². The SMILES string of the molecule is O=c1cc[nH]c(=O)[nH]1.O=c1ccn([C@@H]2O[C@H](CO)[C@@H](O)[C@H]2O)c(=O)[nH]1.O=c1ccn([C@H]2C[C@H](O)[C@@H](CO)O2)c(=O)[nH]1. The zero-order chi connectivity index (χ0) is 30.3. The fourth-order valence-electron chi connectivity index (χ4n) is 3.82. The Bertz CT molecular complexity index is 1610. The average Bonchev–Trinajstić information content (AvgIpc) is 3.43. The summed E-state index contributed by atoms with van der Waals surface area (Å²) in [5.41, 5.74) is -3.27. The lowest BCUT2D eigenvalue weighted by Gasteiger charge is -2.16. The lowest BCUT2D eigenvalue weighted by Crippen LogP contribution is -2.37. The summed E-state index contributed by atoms with van der Waals surface area (Å²) in [5, 5.41) is 46.4. The molecule has 2 fully saturated rings. The van der Waals surface area contributed by atoms with E-state index in [0.717, 1.165) is 16.8 Å². The molecule has 9 N–H and O–H groups in total. The predicted molar refractivity (Wildman–Crippen MR) is 135 cm³/mol. The van der Waals surface area contributed by atoms with Crippen LogP contribution in [0, 0.1) is 0 Å². The van der Waals surface area contributed by atoms with Crippen LogP contribution in [-0.2, 0) is 9.47 Å². The predicted octanol–water partition coefficient (Wildman–Crippen LogP) is -5.61. The summed E-state index contributed by atoms with van der Waals surface area (Å²) in [7, 11) is 0. The Hall–Kier alpha value is -4.24. The van der Waals surface area contributed by atoms with Crippen LogP contribution in [0.1, 0.15) is 18.9 Å². The van der Waals surface area contributed by atoms with Gasteiger partial charge in [-0.3, -0.25) is 38.5 Å². The van der Waals surface area contributed by atoms with Crippen LogP contribution in [0.4, 0.5) is 0 Å². The van der Waals surface area contributed by atoms with Gasteiger partial charge in [0.2, 0.25) is 0 Å². The molecule has 3 aromatic rings. The van der Waals surface area contributed by atoms with Gasteiger partial charge in [0.1, 0.15) is 30.6 Å². The number of aliphatic hydroxyl groups is 5. The molecule has 0 spiro atoms. The number of H-pyrrole nitrogens is 4. The van der Waals surface area contributed by atoms with Gasteiger partial charge < -0.3 is 40.0 Å². The van der Waals surface area contributed by atoms with Crippen molar-refractivity contribution in [2.75, 3.05) is 13.2 Å². The second-order valence-electron chi connectivity index (χ2n) is 8.67. The molecule has 2 saturated heterocycles. The maximum atomic E-state index is 11.4. The molecule has 19 heteroatoms. The van der Waals surface area contributed by atoms with Crippen LogP contribution in [-0.4, -0.2) is 98.3 Å². The summed E-state index contributed by atoms with van der Waals surface area (Å²) >= 11 is 0. The molecule has 2 aliphatic rings. The first-order valence-electron chi connectivity index (χ1n) is 11.9. The summed E-state index contributed by atoms with van der Waals surface area (Å²) in [4.78, 5) is 73.3. The number of hydrogen-bond donors (Lipinski definition) is 9. The van der Waals surface area contributed by atoms with Crippen LogP contribution in [0.25, 0.3) is 0 Å². The molecule has 0 aromatic carbocycles. The highest BCUT2D eigenvalue weighted by molar-refractivity contribution is 4.93. The molecule has 0 amide bonds. The number of hydrogen-bond acceptors (Lipinski definition) is 13. The molecule has 0 aliphatic carbocycles. The van der Waals surface area contributed by atoms with E-state index in [1.807, 2.05) is 9.97 Å². The van der Waals surface area contributed by atoms with Crippen molar-refractivity contribution in [3.8, 4) is 0 Å². The third kappa shape index (κ3) is 7.91. The molecule has 0 saturated carbocycles. The second-order valence-corrected chi connectivity index (χ2v) is 8.67. The van der Waals surface area contributed by atoms with Gasteiger partial charge in [-0.1, -0.05) is 0 Å². The smallest absolute Gasteiger partial charge is 0.330 e. The van der Waals surface area contributed by atoms with Crippen molar-refractivity contribution in [1.82, 2.24) is 29.1 Å². The van der Waals surface area contributed by atoms with Gasteiger partial charge in [0.15, 0.2) is 6.23 Å². The minimum absolute atomic E-state index is 0.206. The largest absolute Gasteiger partial charge is 0.394 e. The summed E-state index contributed by atoms with van der Waals surface area (Å²) < 4.78 is 12.5. The van der Waals surface area contributed by atoms with E-state index in [1.165, 1.54) is 29.1 Å². The van der Waals surface area contributed by atoms with Crippen molar-refractivity contribution in [2.24, 2.45) is 0 Å². The molecule has 0 bridgehead atoms. The highest BCUT2D eigenvalue weighted by atomic mass is 16.6. The molecule has 0 radical (unpaired) electrons. The normalized spacial score (nSPS) is 26.9. The Morgan fingerprint density at radius 1 is 0.732 bits per heavy atom. The Morgan fingerprint density at radius 3 is 1.73 bits per heavy atom. The topological polar surface area (TPSA) is 295 Å². The fraction of sp³-hybridized carbons (Fsp3) is 0.455. The van der Waals surface area contributed by atoms with Crippen molar-refractivity contribution in [3.05, 3.63) is 99.3 Å². The Morgan fingerprint density at radius 2 is 1.29 bits per heavy atom. The minimum atomic E-state index is -1.35. The molecule has 19 nitrogen and oxygen atoms in total. The third-order valence-electron chi connectivity index (χ3n) is 5.87. The lowest BCUT2D eigenvalue weighted by atomic mass is 10.1. The zero-order valence-electron chi connectivity index (χ0n) is 21.0. The van der Waals surface area contributed by atoms with E-state index in [9.17, 15) is 44.1 Å². The Balaban J connectivity index is 0.000000180. The molecule has 0 unspecified atom stereocenters. The first-order chi connectivity index (χ1) is 19.4. The van der Waals surface area contributed by atoms with Crippen LogP contribution in [0.3, 0.4) is 0 Å². The van der Waals surface area contributed by atoms with Crippen molar-refractivity contribution in [2.45, 2.75) is 49.4 Å².